The summed E-state index contributed by atoms with van der Waals surface area (Å²) >= 11 is 0. The van der Waals surface area contributed by atoms with E-state index in [1.165, 1.54) is 18.4 Å². The Morgan fingerprint density at radius 1 is 1.35 bits per heavy atom. The molecule has 0 spiro atoms. The Morgan fingerprint density at radius 2 is 2.10 bits per heavy atom. The summed E-state index contributed by atoms with van der Waals surface area (Å²) in [6.45, 7) is 14.2. The van der Waals surface area contributed by atoms with E-state index in [0.717, 1.165) is 37.1 Å². The number of nitrogens with zero attached hydrogens (tertiary/aromatic N) is 2. The van der Waals surface area contributed by atoms with Crippen LogP contribution in [0.25, 0.3) is 0 Å². The monoisotopic (exact) mass is 275 g/mol. The number of piperidine rings is 1. The van der Waals surface area contributed by atoms with Crippen molar-refractivity contribution in [3.63, 3.8) is 0 Å². The van der Waals surface area contributed by atoms with Gasteiger partial charge in [-0.05, 0) is 64.2 Å². The van der Waals surface area contributed by atoms with Crippen molar-refractivity contribution in [1.82, 2.24) is 10.3 Å². The second-order valence-electron chi connectivity index (χ2n) is 7.27. The van der Waals surface area contributed by atoms with Crippen LogP contribution in [-0.2, 0) is 6.54 Å². The molecule has 2 heterocycles. The van der Waals surface area contributed by atoms with Gasteiger partial charge in [-0.15, -0.1) is 0 Å². The fourth-order valence-electron chi connectivity index (χ4n) is 2.75. The van der Waals surface area contributed by atoms with Gasteiger partial charge in [-0.25, -0.2) is 4.98 Å². The van der Waals surface area contributed by atoms with Gasteiger partial charge < -0.3 is 10.2 Å². The molecule has 1 N–H and O–H groups in total. The summed E-state index contributed by atoms with van der Waals surface area (Å²) in [5, 5.41) is 3.56. The van der Waals surface area contributed by atoms with E-state index >= 15 is 0 Å². The molecule has 0 saturated carbocycles. The van der Waals surface area contributed by atoms with Gasteiger partial charge in [0.1, 0.15) is 5.82 Å². The van der Waals surface area contributed by atoms with E-state index in [-0.39, 0.29) is 5.54 Å². The maximum atomic E-state index is 4.73. The number of aryl methyl sites for hydroxylation is 1. The molecule has 1 fully saturated rings. The Balaban J connectivity index is 2.11. The zero-order chi connectivity index (χ0) is 14.8. The van der Waals surface area contributed by atoms with Crippen LogP contribution in [0.4, 0.5) is 5.82 Å². The number of hydrogen-bond donors (Lipinski definition) is 1. The van der Waals surface area contributed by atoms with Crippen molar-refractivity contribution in [2.24, 2.45) is 5.92 Å². The molecule has 1 aromatic rings. The van der Waals surface area contributed by atoms with Gasteiger partial charge in [-0.2, -0.15) is 0 Å². The van der Waals surface area contributed by atoms with Crippen molar-refractivity contribution in [2.75, 3.05) is 18.0 Å². The molecule has 1 aliphatic heterocycles. The Labute approximate surface area is 123 Å². The molecule has 2 rings (SSSR count). The lowest BCUT2D eigenvalue weighted by atomic mass is 10.0. The molecule has 1 aromatic heterocycles. The van der Waals surface area contributed by atoms with Crippen molar-refractivity contribution in [3.8, 4) is 0 Å². The van der Waals surface area contributed by atoms with Gasteiger partial charge in [0.15, 0.2) is 0 Å². The highest BCUT2D eigenvalue weighted by Crippen LogP contribution is 2.22. The molecule has 20 heavy (non-hydrogen) atoms. The summed E-state index contributed by atoms with van der Waals surface area (Å²) in [6.07, 6.45) is 2.63. The van der Waals surface area contributed by atoms with Crippen molar-refractivity contribution in [3.05, 3.63) is 23.4 Å². The quantitative estimate of drug-likeness (QED) is 0.915. The number of pyridine rings is 1. The van der Waals surface area contributed by atoms with Crippen molar-refractivity contribution in [2.45, 2.75) is 59.5 Å². The summed E-state index contributed by atoms with van der Waals surface area (Å²) in [5.41, 5.74) is 2.60. The highest BCUT2D eigenvalue weighted by atomic mass is 15.2. The van der Waals surface area contributed by atoms with Gasteiger partial charge in [0, 0.05) is 30.9 Å². The molecule has 0 bridgehead atoms. The summed E-state index contributed by atoms with van der Waals surface area (Å²) in [4.78, 5) is 7.18. The Hall–Kier alpha value is -1.09. The van der Waals surface area contributed by atoms with E-state index in [4.69, 9.17) is 4.98 Å². The Kier molecular flexibility index (Phi) is 4.69. The van der Waals surface area contributed by atoms with Crippen LogP contribution in [0.3, 0.4) is 0 Å². The highest BCUT2D eigenvalue weighted by Gasteiger charge is 2.18. The van der Waals surface area contributed by atoms with E-state index in [1.54, 1.807) is 0 Å². The van der Waals surface area contributed by atoms with Crippen LogP contribution in [0.1, 0.15) is 51.8 Å². The van der Waals surface area contributed by atoms with Gasteiger partial charge in [0.05, 0.1) is 0 Å². The third-order valence-electron chi connectivity index (χ3n) is 3.80. The number of rotatable bonds is 3. The normalized spacial score (nSPS) is 20.2. The highest BCUT2D eigenvalue weighted by molar-refractivity contribution is 5.43. The first-order valence-electron chi connectivity index (χ1n) is 7.81. The minimum atomic E-state index is 0.150. The fraction of sp³-hybridized carbons (Fsp3) is 0.706. The lowest BCUT2D eigenvalue weighted by molar-refractivity contribution is 0.423. The van der Waals surface area contributed by atoms with Crippen LogP contribution in [0, 0.1) is 12.8 Å². The minimum absolute atomic E-state index is 0.150. The predicted molar refractivity (Wildman–Crippen MR) is 86.2 cm³/mol. The van der Waals surface area contributed by atoms with Crippen LogP contribution >= 0.6 is 0 Å². The Bertz CT molecular complexity index is 448. The van der Waals surface area contributed by atoms with Gasteiger partial charge >= 0.3 is 0 Å². The van der Waals surface area contributed by atoms with Gasteiger partial charge in [0.25, 0.3) is 0 Å². The maximum absolute atomic E-state index is 4.73. The van der Waals surface area contributed by atoms with E-state index in [1.807, 2.05) is 0 Å². The molecule has 112 valence electrons. The number of anilines is 1. The van der Waals surface area contributed by atoms with Gasteiger partial charge in [-0.1, -0.05) is 6.92 Å². The molecule has 0 radical (unpaired) electrons. The van der Waals surface area contributed by atoms with E-state index in [9.17, 15) is 0 Å². The molecule has 0 aromatic carbocycles. The minimum Gasteiger partial charge on any atom is -0.356 e. The lowest BCUT2D eigenvalue weighted by Gasteiger charge is -2.32. The molecule has 0 aliphatic carbocycles. The van der Waals surface area contributed by atoms with Crippen molar-refractivity contribution in [1.29, 1.82) is 0 Å². The van der Waals surface area contributed by atoms with Crippen LogP contribution in [-0.4, -0.2) is 23.6 Å². The fourth-order valence-corrected chi connectivity index (χ4v) is 2.75. The van der Waals surface area contributed by atoms with Crippen molar-refractivity contribution < 1.29 is 0 Å². The molecule has 3 heteroatoms. The number of nitrogens with one attached hydrogen (secondary N) is 1. The first-order valence-corrected chi connectivity index (χ1v) is 7.81. The van der Waals surface area contributed by atoms with E-state index in [2.05, 4.69) is 57.0 Å². The molecule has 1 unspecified atom stereocenters. The molecule has 1 atom stereocenters. The summed E-state index contributed by atoms with van der Waals surface area (Å²) in [7, 11) is 0. The third-order valence-corrected chi connectivity index (χ3v) is 3.80. The molecule has 1 aliphatic rings. The molecule has 3 nitrogen and oxygen atoms in total. The van der Waals surface area contributed by atoms with Crippen LogP contribution in [0.15, 0.2) is 12.1 Å². The molecular formula is C17H29N3. The average Bonchev–Trinajstić information content (AvgIpc) is 2.35. The molecule has 1 saturated heterocycles. The van der Waals surface area contributed by atoms with Crippen LogP contribution in [0.2, 0.25) is 0 Å². The van der Waals surface area contributed by atoms with Gasteiger partial charge in [-0.3, -0.25) is 0 Å². The van der Waals surface area contributed by atoms with Crippen LogP contribution in [0.5, 0.6) is 0 Å². The standard InChI is InChI=1S/C17H29N3/c1-13-7-6-8-20(12-13)16-10-15(9-14(2)19-16)11-18-17(3,4)5/h9-10,13,18H,6-8,11-12H2,1-5H3. The first kappa shape index (κ1) is 15.3. The van der Waals surface area contributed by atoms with E-state index in [0.29, 0.717) is 0 Å². The second kappa shape index (κ2) is 6.13. The number of aromatic nitrogens is 1. The maximum Gasteiger partial charge on any atom is 0.129 e. The zero-order valence-corrected chi connectivity index (χ0v) is 13.7. The summed E-state index contributed by atoms with van der Waals surface area (Å²) < 4.78 is 0. The third kappa shape index (κ3) is 4.48. The largest absolute Gasteiger partial charge is 0.356 e. The zero-order valence-electron chi connectivity index (χ0n) is 13.7. The summed E-state index contributed by atoms with van der Waals surface area (Å²) in [5.74, 6) is 1.93. The number of hydrogen-bond acceptors (Lipinski definition) is 3. The average molecular weight is 275 g/mol. The Morgan fingerprint density at radius 3 is 2.75 bits per heavy atom. The van der Waals surface area contributed by atoms with Crippen LogP contribution < -0.4 is 10.2 Å². The van der Waals surface area contributed by atoms with E-state index < -0.39 is 0 Å². The second-order valence-corrected chi connectivity index (χ2v) is 7.27. The molecule has 0 amide bonds. The van der Waals surface area contributed by atoms with Crippen molar-refractivity contribution >= 4 is 5.82 Å². The smallest absolute Gasteiger partial charge is 0.129 e. The molecular weight excluding hydrogens is 246 g/mol. The lowest BCUT2D eigenvalue weighted by Crippen LogP contribution is -2.36. The first-order chi connectivity index (χ1) is 9.33. The topological polar surface area (TPSA) is 28.2 Å². The predicted octanol–water partition coefficient (Wildman–Crippen LogP) is 3.51. The van der Waals surface area contributed by atoms with Gasteiger partial charge in [0.2, 0.25) is 0 Å². The SMILES string of the molecule is Cc1cc(CNC(C)(C)C)cc(N2CCCC(C)C2)n1. The summed E-state index contributed by atoms with van der Waals surface area (Å²) in [6, 6.07) is 4.44.